The maximum atomic E-state index is 12.0. The number of aryl methyl sites for hydroxylation is 1. The number of halogens is 2. The fourth-order valence-corrected chi connectivity index (χ4v) is 2.23. The van der Waals surface area contributed by atoms with E-state index >= 15 is 0 Å². The number of anilines is 1. The molecule has 2 aromatic rings. The molecule has 0 unspecified atom stereocenters. The molecule has 2 rings (SSSR count). The van der Waals surface area contributed by atoms with E-state index in [0.717, 1.165) is 11.3 Å². The topological polar surface area (TPSA) is 76.5 Å². The zero-order chi connectivity index (χ0) is 17.5. The van der Waals surface area contributed by atoms with Crippen LogP contribution in [0.15, 0.2) is 35.5 Å². The van der Waals surface area contributed by atoms with Crippen LogP contribution >= 0.6 is 23.2 Å². The lowest BCUT2D eigenvalue weighted by Gasteiger charge is -2.08. The molecule has 1 N–H and O–H groups in total. The van der Waals surface area contributed by atoms with Crippen molar-refractivity contribution in [3.05, 3.63) is 51.6 Å². The standard InChI is InChI=1S/C16H16Cl2N4O2/c1-10-3-7-15(21-20-10)19-16(23)8-6-14(22-24-2)11-4-5-12(17)13(18)9-11/h3-5,7,9H,6,8H2,1-2H3,(H,19,21,23)/b22-14-. The number of oxime groups is 1. The molecule has 0 saturated carbocycles. The third-order valence-electron chi connectivity index (χ3n) is 3.11. The van der Waals surface area contributed by atoms with Crippen molar-refractivity contribution in [3.63, 3.8) is 0 Å². The third kappa shape index (κ3) is 5.18. The van der Waals surface area contributed by atoms with Gasteiger partial charge in [0.25, 0.3) is 0 Å². The summed E-state index contributed by atoms with van der Waals surface area (Å²) < 4.78 is 0. The molecule has 0 aliphatic heterocycles. The SMILES string of the molecule is CO/N=C(/CCC(=O)Nc1ccc(C)nn1)c1ccc(Cl)c(Cl)c1. The maximum absolute atomic E-state index is 12.0. The Bertz CT molecular complexity index is 748. The summed E-state index contributed by atoms with van der Waals surface area (Å²) in [4.78, 5) is 16.9. The van der Waals surface area contributed by atoms with Crippen molar-refractivity contribution in [1.29, 1.82) is 0 Å². The van der Waals surface area contributed by atoms with E-state index in [1.807, 2.05) is 6.92 Å². The lowest BCUT2D eigenvalue weighted by Crippen LogP contribution is -2.15. The Balaban J connectivity index is 2.00. The van der Waals surface area contributed by atoms with Gasteiger partial charge in [-0.05, 0) is 31.2 Å². The van der Waals surface area contributed by atoms with E-state index in [-0.39, 0.29) is 12.3 Å². The highest BCUT2D eigenvalue weighted by atomic mass is 35.5. The highest BCUT2D eigenvalue weighted by Crippen LogP contribution is 2.23. The molecule has 1 amide bonds. The van der Waals surface area contributed by atoms with E-state index in [9.17, 15) is 4.79 Å². The number of amides is 1. The van der Waals surface area contributed by atoms with E-state index in [2.05, 4.69) is 20.7 Å². The van der Waals surface area contributed by atoms with E-state index in [0.29, 0.717) is 28.0 Å². The molecule has 0 aliphatic carbocycles. The Morgan fingerprint density at radius 1 is 1.17 bits per heavy atom. The molecule has 0 aliphatic rings. The molecule has 126 valence electrons. The Kier molecular flexibility index (Phi) is 6.52. The number of nitrogens with one attached hydrogen (secondary N) is 1. The third-order valence-corrected chi connectivity index (χ3v) is 3.85. The maximum Gasteiger partial charge on any atom is 0.225 e. The van der Waals surface area contributed by atoms with Crippen LogP contribution < -0.4 is 5.32 Å². The molecule has 6 nitrogen and oxygen atoms in total. The minimum absolute atomic E-state index is 0.197. The zero-order valence-corrected chi connectivity index (χ0v) is 14.7. The number of rotatable bonds is 6. The summed E-state index contributed by atoms with van der Waals surface area (Å²) in [5, 5.41) is 15.3. The quantitative estimate of drug-likeness (QED) is 0.621. The number of hydrogen-bond acceptors (Lipinski definition) is 5. The van der Waals surface area contributed by atoms with E-state index < -0.39 is 0 Å². The van der Waals surface area contributed by atoms with Crippen LogP contribution in [0.25, 0.3) is 0 Å². The molecule has 8 heteroatoms. The molecule has 1 heterocycles. The summed E-state index contributed by atoms with van der Waals surface area (Å²) in [6.07, 6.45) is 0.578. The highest BCUT2D eigenvalue weighted by molar-refractivity contribution is 6.42. The molecule has 0 saturated heterocycles. The zero-order valence-electron chi connectivity index (χ0n) is 13.2. The largest absolute Gasteiger partial charge is 0.399 e. The Hall–Kier alpha value is -2.18. The van der Waals surface area contributed by atoms with E-state index in [1.54, 1.807) is 30.3 Å². The first kappa shape index (κ1) is 18.2. The fourth-order valence-electron chi connectivity index (χ4n) is 1.93. The van der Waals surface area contributed by atoms with Gasteiger partial charge in [0.05, 0.1) is 21.5 Å². The van der Waals surface area contributed by atoms with Gasteiger partial charge in [-0.3, -0.25) is 4.79 Å². The van der Waals surface area contributed by atoms with Gasteiger partial charge in [-0.2, -0.15) is 5.10 Å². The summed E-state index contributed by atoms with van der Waals surface area (Å²) >= 11 is 11.9. The molecule has 1 aromatic heterocycles. The van der Waals surface area contributed by atoms with Gasteiger partial charge in [-0.15, -0.1) is 5.10 Å². The van der Waals surface area contributed by atoms with Crippen molar-refractivity contribution in [2.24, 2.45) is 5.16 Å². The lowest BCUT2D eigenvalue weighted by molar-refractivity contribution is -0.116. The van der Waals surface area contributed by atoms with Crippen molar-refractivity contribution in [2.45, 2.75) is 19.8 Å². The van der Waals surface area contributed by atoms with Crippen LogP contribution in [-0.2, 0) is 9.63 Å². The van der Waals surface area contributed by atoms with Crippen molar-refractivity contribution in [3.8, 4) is 0 Å². The van der Waals surface area contributed by atoms with Crippen LogP contribution in [0.2, 0.25) is 10.0 Å². The van der Waals surface area contributed by atoms with Gasteiger partial charge in [0.15, 0.2) is 5.82 Å². The van der Waals surface area contributed by atoms with Crippen LogP contribution in [0.5, 0.6) is 0 Å². The summed E-state index contributed by atoms with van der Waals surface area (Å²) in [7, 11) is 1.44. The van der Waals surface area contributed by atoms with Crippen molar-refractivity contribution in [2.75, 3.05) is 12.4 Å². The van der Waals surface area contributed by atoms with Gasteiger partial charge in [0.2, 0.25) is 5.91 Å². The van der Waals surface area contributed by atoms with Crippen LogP contribution in [0, 0.1) is 6.92 Å². The van der Waals surface area contributed by atoms with Crippen molar-refractivity contribution < 1.29 is 9.63 Å². The first-order chi connectivity index (χ1) is 11.5. The van der Waals surface area contributed by atoms with Crippen LogP contribution in [0.1, 0.15) is 24.1 Å². The van der Waals surface area contributed by atoms with Gasteiger partial charge in [0.1, 0.15) is 7.11 Å². The number of hydrogen-bond donors (Lipinski definition) is 1. The second kappa shape index (κ2) is 8.61. The molecular formula is C16H16Cl2N4O2. The molecule has 0 atom stereocenters. The number of nitrogens with zero attached hydrogens (tertiary/aromatic N) is 3. The number of carbonyl (C=O) groups is 1. The highest BCUT2D eigenvalue weighted by Gasteiger charge is 2.11. The average Bonchev–Trinajstić information content (AvgIpc) is 2.56. The number of aromatic nitrogens is 2. The normalized spacial score (nSPS) is 11.2. The second-order valence-corrected chi connectivity index (χ2v) is 5.77. The molecule has 0 fully saturated rings. The predicted molar refractivity (Wildman–Crippen MR) is 94.6 cm³/mol. The van der Waals surface area contributed by atoms with Crippen molar-refractivity contribution in [1.82, 2.24) is 10.2 Å². The molecular weight excluding hydrogens is 351 g/mol. The molecule has 24 heavy (non-hydrogen) atoms. The smallest absolute Gasteiger partial charge is 0.225 e. The lowest BCUT2D eigenvalue weighted by atomic mass is 10.1. The van der Waals surface area contributed by atoms with Gasteiger partial charge >= 0.3 is 0 Å². The molecule has 0 spiro atoms. The second-order valence-electron chi connectivity index (χ2n) is 4.96. The molecule has 0 radical (unpaired) electrons. The van der Waals surface area contributed by atoms with Gasteiger partial charge < -0.3 is 10.2 Å². The first-order valence-electron chi connectivity index (χ1n) is 7.15. The minimum atomic E-state index is -0.197. The van der Waals surface area contributed by atoms with Gasteiger partial charge in [0, 0.05) is 18.4 Å². The molecule has 0 bridgehead atoms. The van der Waals surface area contributed by atoms with E-state index in [4.69, 9.17) is 28.0 Å². The monoisotopic (exact) mass is 366 g/mol. The van der Waals surface area contributed by atoms with Crippen molar-refractivity contribution >= 4 is 40.6 Å². The van der Waals surface area contributed by atoms with Crippen LogP contribution in [0.3, 0.4) is 0 Å². The summed E-state index contributed by atoms with van der Waals surface area (Å²) in [6, 6.07) is 8.60. The minimum Gasteiger partial charge on any atom is -0.399 e. The van der Waals surface area contributed by atoms with Crippen LogP contribution in [-0.4, -0.2) is 28.9 Å². The first-order valence-corrected chi connectivity index (χ1v) is 7.91. The van der Waals surface area contributed by atoms with Gasteiger partial charge in [-0.25, -0.2) is 0 Å². The number of benzene rings is 1. The Morgan fingerprint density at radius 2 is 1.96 bits per heavy atom. The van der Waals surface area contributed by atoms with Gasteiger partial charge in [-0.1, -0.05) is 34.4 Å². The Labute approximate surface area is 149 Å². The summed E-state index contributed by atoms with van der Waals surface area (Å²) in [5.74, 6) is 0.211. The van der Waals surface area contributed by atoms with Crippen LogP contribution in [0.4, 0.5) is 5.82 Å². The summed E-state index contributed by atoms with van der Waals surface area (Å²) in [5.41, 5.74) is 2.12. The average molecular weight is 367 g/mol. The molecule has 1 aromatic carbocycles. The summed E-state index contributed by atoms with van der Waals surface area (Å²) in [6.45, 7) is 1.82. The van der Waals surface area contributed by atoms with E-state index in [1.165, 1.54) is 7.11 Å². The fraction of sp³-hybridized carbons (Fsp3) is 0.250. The number of carbonyl (C=O) groups excluding carboxylic acids is 1. The Morgan fingerprint density at radius 3 is 2.58 bits per heavy atom. The predicted octanol–water partition coefficient (Wildman–Crippen LogP) is 3.86.